The number of rotatable bonds is 4. The second kappa shape index (κ2) is 5.17. The molecule has 3 nitrogen and oxygen atoms in total. The predicted molar refractivity (Wildman–Crippen MR) is 72.7 cm³/mol. The van der Waals surface area contributed by atoms with Gasteiger partial charge in [-0.1, -0.05) is 38.1 Å². The van der Waals surface area contributed by atoms with Crippen molar-refractivity contribution in [3.63, 3.8) is 0 Å². The molecular weight excluding hydrogens is 224 g/mol. The van der Waals surface area contributed by atoms with Crippen molar-refractivity contribution in [2.75, 3.05) is 0 Å². The van der Waals surface area contributed by atoms with Crippen molar-refractivity contribution in [3.05, 3.63) is 41.9 Å². The van der Waals surface area contributed by atoms with Crippen LogP contribution in [0.5, 0.6) is 0 Å². The zero-order valence-corrected chi connectivity index (χ0v) is 11.1. The lowest BCUT2D eigenvalue weighted by Crippen LogP contribution is -1.95. The molecule has 1 aromatic carbocycles. The molecule has 0 aliphatic rings. The van der Waals surface area contributed by atoms with E-state index in [0.29, 0.717) is 11.6 Å². The van der Waals surface area contributed by atoms with Gasteiger partial charge in [-0.25, -0.2) is 4.98 Å². The van der Waals surface area contributed by atoms with Crippen LogP contribution in [0.25, 0.3) is 11.3 Å². The van der Waals surface area contributed by atoms with Crippen LogP contribution in [0.4, 0.5) is 0 Å². The monoisotopic (exact) mass is 242 g/mol. The highest BCUT2D eigenvalue weighted by Gasteiger charge is 2.10. The minimum absolute atomic E-state index is 0.563. The Balaban J connectivity index is 2.37. The molecule has 94 valence electrons. The van der Waals surface area contributed by atoms with E-state index in [0.717, 1.165) is 24.0 Å². The number of nitrogens with zero attached hydrogens (tertiary/aromatic N) is 2. The van der Waals surface area contributed by atoms with Crippen molar-refractivity contribution in [1.29, 1.82) is 0 Å². The first-order valence-electron chi connectivity index (χ1n) is 6.24. The van der Waals surface area contributed by atoms with Crippen LogP contribution in [0.3, 0.4) is 0 Å². The highest BCUT2D eigenvalue weighted by atomic mass is 16.1. The minimum Gasteiger partial charge on any atom is -0.331 e. The lowest BCUT2D eigenvalue weighted by molar-refractivity contribution is 0.111. The molecule has 18 heavy (non-hydrogen) atoms. The molecule has 0 amide bonds. The number of benzene rings is 1. The zero-order chi connectivity index (χ0) is 13.1. The molecule has 0 bridgehead atoms. The fraction of sp³-hybridized carbons (Fsp3) is 0.333. The Bertz CT molecular complexity index is 540. The van der Waals surface area contributed by atoms with E-state index in [2.05, 4.69) is 31.0 Å². The van der Waals surface area contributed by atoms with Gasteiger partial charge in [-0.3, -0.25) is 4.79 Å². The largest absolute Gasteiger partial charge is 0.331 e. The molecule has 0 saturated carbocycles. The Hall–Kier alpha value is -1.90. The van der Waals surface area contributed by atoms with Gasteiger partial charge in [0.25, 0.3) is 0 Å². The zero-order valence-electron chi connectivity index (χ0n) is 11.1. The first-order chi connectivity index (χ1) is 8.67. The molecule has 0 saturated heterocycles. The highest BCUT2D eigenvalue weighted by molar-refractivity contribution is 5.83. The normalized spacial score (nSPS) is 12.4. The molecule has 1 aromatic heterocycles. The molecule has 1 heterocycles. The van der Waals surface area contributed by atoms with Gasteiger partial charge in [-0.2, -0.15) is 0 Å². The van der Waals surface area contributed by atoms with Crippen LogP contribution in [0.2, 0.25) is 0 Å². The summed E-state index contributed by atoms with van der Waals surface area (Å²) in [6.45, 7) is 4.40. The second-order valence-electron chi connectivity index (χ2n) is 4.64. The molecule has 0 aliphatic heterocycles. The Labute approximate surface area is 107 Å². The maximum absolute atomic E-state index is 11.0. The summed E-state index contributed by atoms with van der Waals surface area (Å²) in [6, 6.07) is 8.31. The molecule has 0 radical (unpaired) electrons. The average molecular weight is 242 g/mol. The molecule has 0 N–H and O–H groups in total. The summed E-state index contributed by atoms with van der Waals surface area (Å²) in [5.41, 5.74) is 3.68. The molecular formula is C15H18N2O. The van der Waals surface area contributed by atoms with Gasteiger partial charge in [-0.05, 0) is 17.9 Å². The smallest absolute Gasteiger partial charge is 0.168 e. The Morgan fingerprint density at radius 1 is 1.33 bits per heavy atom. The van der Waals surface area contributed by atoms with E-state index < -0.39 is 0 Å². The van der Waals surface area contributed by atoms with E-state index in [4.69, 9.17) is 0 Å². The quantitative estimate of drug-likeness (QED) is 0.770. The summed E-state index contributed by atoms with van der Waals surface area (Å²) >= 11 is 0. The molecule has 2 aromatic rings. The van der Waals surface area contributed by atoms with Crippen LogP contribution in [0.1, 0.15) is 42.2 Å². The van der Waals surface area contributed by atoms with Crippen molar-refractivity contribution in [1.82, 2.24) is 9.55 Å². The van der Waals surface area contributed by atoms with Crippen LogP contribution in [0.15, 0.2) is 30.6 Å². The van der Waals surface area contributed by atoms with Crippen molar-refractivity contribution >= 4 is 6.29 Å². The topological polar surface area (TPSA) is 34.9 Å². The molecule has 3 heteroatoms. The van der Waals surface area contributed by atoms with E-state index in [1.165, 1.54) is 5.56 Å². The van der Waals surface area contributed by atoms with Crippen LogP contribution in [-0.2, 0) is 7.05 Å². The van der Waals surface area contributed by atoms with E-state index in [9.17, 15) is 4.79 Å². The van der Waals surface area contributed by atoms with Gasteiger partial charge in [-0.15, -0.1) is 0 Å². The number of hydrogen-bond acceptors (Lipinski definition) is 2. The van der Waals surface area contributed by atoms with E-state index >= 15 is 0 Å². The van der Waals surface area contributed by atoms with Gasteiger partial charge in [0.1, 0.15) is 5.69 Å². The first kappa shape index (κ1) is 12.6. The fourth-order valence-electron chi connectivity index (χ4n) is 2.01. The predicted octanol–water partition coefficient (Wildman–Crippen LogP) is 3.41. The number of hydrogen-bond donors (Lipinski definition) is 0. The van der Waals surface area contributed by atoms with Gasteiger partial charge in [0, 0.05) is 12.6 Å². The minimum atomic E-state index is 0.563. The van der Waals surface area contributed by atoms with Gasteiger partial charge >= 0.3 is 0 Å². The van der Waals surface area contributed by atoms with Crippen molar-refractivity contribution in [2.24, 2.45) is 7.05 Å². The summed E-state index contributed by atoms with van der Waals surface area (Å²) < 4.78 is 1.74. The summed E-state index contributed by atoms with van der Waals surface area (Å²) in [5.74, 6) is 0.563. The second-order valence-corrected chi connectivity index (χ2v) is 4.64. The summed E-state index contributed by atoms with van der Waals surface area (Å²) in [5, 5.41) is 0. The molecule has 0 spiro atoms. The third kappa shape index (κ3) is 2.21. The Morgan fingerprint density at radius 2 is 2.00 bits per heavy atom. The Kier molecular flexibility index (Phi) is 3.60. The lowest BCUT2D eigenvalue weighted by atomic mass is 9.97. The van der Waals surface area contributed by atoms with Gasteiger partial charge in [0.2, 0.25) is 0 Å². The van der Waals surface area contributed by atoms with Crippen LogP contribution in [-0.4, -0.2) is 15.8 Å². The van der Waals surface area contributed by atoms with Gasteiger partial charge in [0.15, 0.2) is 6.29 Å². The third-order valence-electron chi connectivity index (χ3n) is 3.46. The lowest BCUT2D eigenvalue weighted by Gasteiger charge is -2.09. The molecule has 0 aliphatic carbocycles. The standard InChI is InChI=1S/C15H18N2O/c1-4-11(2)12-5-7-13(8-6-12)15-14(9-18)17(3)10-16-15/h5-11H,4H2,1-3H3. The number of carbonyl (C=O) groups is 1. The summed E-state index contributed by atoms with van der Waals surface area (Å²) in [4.78, 5) is 15.3. The number of carbonyl (C=O) groups excluding carboxylic acids is 1. The highest BCUT2D eigenvalue weighted by Crippen LogP contribution is 2.24. The van der Waals surface area contributed by atoms with Gasteiger partial charge < -0.3 is 4.57 Å². The van der Waals surface area contributed by atoms with E-state index in [-0.39, 0.29) is 0 Å². The summed E-state index contributed by atoms with van der Waals surface area (Å²) in [7, 11) is 1.83. The third-order valence-corrected chi connectivity index (χ3v) is 3.46. The van der Waals surface area contributed by atoms with Crippen LogP contribution < -0.4 is 0 Å². The van der Waals surface area contributed by atoms with Crippen LogP contribution in [0, 0.1) is 0 Å². The fourth-order valence-corrected chi connectivity index (χ4v) is 2.01. The van der Waals surface area contributed by atoms with Gasteiger partial charge in [0.05, 0.1) is 12.0 Å². The number of imidazole rings is 1. The Morgan fingerprint density at radius 3 is 2.56 bits per heavy atom. The van der Waals surface area contributed by atoms with Crippen molar-refractivity contribution in [3.8, 4) is 11.3 Å². The molecule has 1 atom stereocenters. The molecule has 2 rings (SSSR count). The number of aryl methyl sites for hydroxylation is 1. The SMILES string of the molecule is CCC(C)c1ccc(-c2ncn(C)c2C=O)cc1. The first-order valence-corrected chi connectivity index (χ1v) is 6.24. The summed E-state index contributed by atoms with van der Waals surface area (Å²) in [6.07, 6.45) is 3.65. The maximum Gasteiger partial charge on any atom is 0.168 e. The number of aldehydes is 1. The maximum atomic E-state index is 11.0. The molecule has 0 fully saturated rings. The molecule has 1 unspecified atom stereocenters. The van der Waals surface area contributed by atoms with E-state index in [1.54, 1.807) is 10.9 Å². The van der Waals surface area contributed by atoms with Crippen LogP contribution >= 0.6 is 0 Å². The van der Waals surface area contributed by atoms with Crippen molar-refractivity contribution in [2.45, 2.75) is 26.2 Å². The van der Waals surface area contributed by atoms with E-state index in [1.807, 2.05) is 19.2 Å². The number of aromatic nitrogens is 2. The average Bonchev–Trinajstić information content (AvgIpc) is 2.79. The van der Waals surface area contributed by atoms with Crippen molar-refractivity contribution < 1.29 is 4.79 Å².